The summed E-state index contributed by atoms with van der Waals surface area (Å²) in [6.45, 7) is 2.30. The van der Waals surface area contributed by atoms with Gasteiger partial charge in [-0.25, -0.2) is 0 Å². The molecule has 8 heteroatoms. The fraction of sp³-hybridized carbons (Fsp3) is 0.400. The van der Waals surface area contributed by atoms with Crippen LogP contribution in [0.2, 0.25) is 0 Å². The van der Waals surface area contributed by atoms with Crippen LogP contribution < -0.4 is 11.1 Å². The molecule has 3 N–H and O–H groups in total. The van der Waals surface area contributed by atoms with Gasteiger partial charge in [0.15, 0.2) is 0 Å². The van der Waals surface area contributed by atoms with Gasteiger partial charge in [-0.15, -0.1) is 0 Å². The first-order valence-corrected chi connectivity index (χ1v) is 5.47. The number of amides is 1. The lowest BCUT2D eigenvalue weighted by molar-refractivity contribution is 0.0942. The lowest BCUT2D eigenvalue weighted by Crippen LogP contribution is -2.24. The van der Waals surface area contributed by atoms with Gasteiger partial charge in [-0.2, -0.15) is 10.1 Å². The summed E-state index contributed by atoms with van der Waals surface area (Å²) < 4.78 is 6.59. The molecular formula is C10H14N6O2. The van der Waals surface area contributed by atoms with Crippen LogP contribution in [-0.2, 0) is 7.05 Å². The van der Waals surface area contributed by atoms with Crippen molar-refractivity contribution in [1.29, 1.82) is 0 Å². The van der Waals surface area contributed by atoms with Crippen molar-refractivity contribution in [2.24, 2.45) is 12.8 Å². The van der Waals surface area contributed by atoms with Crippen LogP contribution in [0.5, 0.6) is 0 Å². The standard InChI is InChI=1S/C10H14N6O2/c1-3-12-9(17)8-14-10(18-15-8)7(11)6-4-13-16(2)5-6/h4-5,7H,3,11H2,1-2H3,(H,12,17). The molecule has 0 aromatic carbocycles. The van der Waals surface area contributed by atoms with Gasteiger partial charge < -0.3 is 15.6 Å². The van der Waals surface area contributed by atoms with E-state index >= 15 is 0 Å². The largest absolute Gasteiger partial charge is 0.349 e. The maximum atomic E-state index is 11.5. The molecule has 0 aliphatic rings. The van der Waals surface area contributed by atoms with Crippen molar-refractivity contribution in [1.82, 2.24) is 25.2 Å². The Morgan fingerprint density at radius 2 is 2.44 bits per heavy atom. The molecule has 1 amide bonds. The quantitative estimate of drug-likeness (QED) is 0.763. The van der Waals surface area contributed by atoms with Crippen LogP contribution in [0.4, 0.5) is 0 Å². The highest BCUT2D eigenvalue weighted by molar-refractivity contribution is 5.90. The summed E-state index contributed by atoms with van der Waals surface area (Å²) in [6.07, 6.45) is 3.36. The van der Waals surface area contributed by atoms with E-state index in [2.05, 4.69) is 20.6 Å². The molecule has 0 radical (unpaired) electrons. The number of rotatable bonds is 4. The Hall–Kier alpha value is -2.22. The van der Waals surface area contributed by atoms with E-state index in [1.54, 1.807) is 31.0 Å². The molecule has 2 heterocycles. The van der Waals surface area contributed by atoms with Crippen molar-refractivity contribution in [3.8, 4) is 0 Å². The molecule has 0 aliphatic carbocycles. The molecule has 96 valence electrons. The summed E-state index contributed by atoms with van der Waals surface area (Å²) >= 11 is 0. The van der Waals surface area contributed by atoms with E-state index in [1.807, 2.05) is 0 Å². The number of aromatic nitrogens is 4. The van der Waals surface area contributed by atoms with Gasteiger partial charge in [0.2, 0.25) is 5.89 Å². The SMILES string of the molecule is CCNC(=O)c1noc(C(N)c2cnn(C)c2)n1. The summed E-state index contributed by atoms with van der Waals surface area (Å²) in [6, 6.07) is -0.589. The first-order chi connectivity index (χ1) is 8.61. The van der Waals surface area contributed by atoms with E-state index in [0.29, 0.717) is 6.54 Å². The number of hydrogen-bond donors (Lipinski definition) is 2. The van der Waals surface area contributed by atoms with Crippen molar-refractivity contribution < 1.29 is 9.32 Å². The fourth-order valence-electron chi connectivity index (χ4n) is 1.44. The van der Waals surface area contributed by atoms with E-state index in [-0.39, 0.29) is 17.6 Å². The first kappa shape index (κ1) is 12.2. The Balaban J connectivity index is 2.17. The maximum Gasteiger partial charge on any atom is 0.292 e. The number of nitrogens with zero attached hydrogens (tertiary/aromatic N) is 4. The predicted molar refractivity (Wildman–Crippen MR) is 61.5 cm³/mol. The van der Waals surface area contributed by atoms with Gasteiger partial charge in [0, 0.05) is 25.4 Å². The van der Waals surface area contributed by atoms with Crippen molar-refractivity contribution in [3.63, 3.8) is 0 Å². The van der Waals surface area contributed by atoms with E-state index < -0.39 is 6.04 Å². The fourth-order valence-corrected chi connectivity index (χ4v) is 1.44. The topological polar surface area (TPSA) is 112 Å². The van der Waals surface area contributed by atoms with Gasteiger partial charge in [0.05, 0.1) is 6.20 Å². The summed E-state index contributed by atoms with van der Waals surface area (Å²) in [7, 11) is 1.78. The molecule has 0 bridgehead atoms. The maximum absolute atomic E-state index is 11.5. The van der Waals surface area contributed by atoms with Crippen LogP contribution in [0.1, 0.15) is 35.0 Å². The molecule has 0 fully saturated rings. The number of nitrogens with two attached hydrogens (primary N) is 1. The van der Waals surface area contributed by atoms with Gasteiger partial charge in [0.25, 0.3) is 11.7 Å². The zero-order chi connectivity index (χ0) is 13.1. The van der Waals surface area contributed by atoms with Crippen LogP contribution in [-0.4, -0.2) is 32.4 Å². The van der Waals surface area contributed by atoms with Crippen LogP contribution in [0.3, 0.4) is 0 Å². The Labute approximate surface area is 103 Å². The molecule has 18 heavy (non-hydrogen) atoms. The lowest BCUT2D eigenvalue weighted by Gasteiger charge is -2.01. The van der Waals surface area contributed by atoms with Gasteiger partial charge in [-0.1, -0.05) is 5.16 Å². The Morgan fingerprint density at radius 1 is 1.67 bits per heavy atom. The number of hydrogen-bond acceptors (Lipinski definition) is 6. The minimum absolute atomic E-state index is 0.0220. The Kier molecular flexibility index (Phi) is 3.38. The Morgan fingerprint density at radius 3 is 3.06 bits per heavy atom. The van der Waals surface area contributed by atoms with Crippen LogP contribution >= 0.6 is 0 Å². The average Bonchev–Trinajstić information content (AvgIpc) is 2.97. The van der Waals surface area contributed by atoms with Crippen molar-refractivity contribution >= 4 is 5.91 Å². The van der Waals surface area contributed by atoms with Crippen LogP contribution in [0.25, 0.3) is 0 Å². The molecule has 2 aromatic rings. The highest BCUT2D eigenvalue weighted by Crippen LogP contribution is 2.16. The minimum atomic E-state index is -0.589. The molecule has 0 aliphatic heterocycles. The van der Waals surface area contributed by atoms with Gasteiger partial charge in [-0.05, 0) is 6.92 Å². The van der Waals surface area contributed by atoms with Crippen molar-refractivity contribution in [2.75, 3.05) is 6.54 Å². The second kappa shape index (κ2) is 4.96. The van der Waals surface area contributed by atoms with Gasteiger partial charge in [0.1, 0.15) is 6.04 Å². The summed E-state index contributed by atoms with van der Waals surface area (Å²) in [5.41, 5.74) is 6.68. The van der Waals surface area contributed by atoms with Crippen molar-refractivity contribution in [3.05, 3.63) is 29.7 Å². The first-order valence-electron chi connectivity index (χ1n) is 5.47. The summed E-state index contributed by atoms with van der Waals surface area (Å²) in [4.78, 5) is 15.4. The Bertz CT molecular complexity index is 546. The number of nitrogens with one attached hydrogen (secondary N) is 1. The van der Waals surface area contributed by atoms with Gasteiger partial charge >= 0.3 is 0 Å². The molecule has 1 unspecified atom stereocenters. The normalized spacial score (nSPS) is 12.4. The van der Waals surface area contributed by atoms with Crippen LogP contribution in [0.15, 0.2) is 16.9 Å². The predicted octanol–water partition coefficient (Wildman–Crippen LogP) is -0.399. The smallest absolute Gasteiger partial charge is 0.292 e. The zero-order valence-corrected chi connectivity index (χ0v) is 10.1. The second-order valence-corrected chi connectivity index (χ2v) is 3.74. The molecule has 0 spiro atoms. The zero-order valence-electron chi connectivity index (χ0n) is 10.1. The van der Waals surface area contributed by atoms with E-state index in [0.717, 1.165) is 5.56 Å². The van der Waals surface area contributed by atoms with E-state index in [4.69, 9.17) is 10.3 Å². The van der Waals surface area contributed by atoms with E-state index in [1.165, 1.54) is 0 Å². The molecule has 8 nitrogen and oxygen atoms in total. The second-order valence-electron chi connectivity index (χ2n) is 3.74. The number of carbonyl (C=O) groups is 1. The molecule has 2 rings (SSSR count). The van der Waals surface area contributed by atoms with Crippen molar-refractivity contribution in [2.45, 2.75) is 13.0 Å². The van der Waals surface area contributed by atoms with E-state index in [9.17, 15) is 4.79 Å². The third-order valence-electron chi connectivity index (χ3n) is 2.33. The monoisotopic (exact) mass is 250 g/mol. The average molecular weight is 250 g/mol. The molecule has 1 atom stereocenters. The molecule has 2 aromatic heterocycles. The number of carbonyl (C=O) groups excluding carboxylic acids is 1. The highest BCUT2D eigenvalue weighted by atomic mass is 16.5. The molecular weight excluding hydrogens is 236 g/mol. The third kappa shape index (κ3) is 2.38. The molecule has 0 saturated carbocycles. The third-order valence-corrected chi connectivity index (χ3v) is 2.33. The summed E-state index contributed by atoms with van der Waals surface area (Å²) in [5, 5.41) is 10.2. The minimum Gasteiger partial charge on any atom is -0.349 e. The van der Waals surface area contributed by atoms with Crippen LogP contribution in [0, 0.1) is 0 Å². The summed E-state index contributed by atoms with van der Waals surface area (Å²) in [5.74, 6) is -0.221. The molecule has 0 saturated heterocycles. The number of aryl methyl sites for hydroxylation is 1. The highest BCUT2D eigenvalue weighted by Gasteiger charge is 2.20. The van der Waals surface area contributed by atoms with Gasteiger partial charge in [-0.3, -0.25) is 9.48 Å². The lowest BCUT2D eigenvalue weighted by atomic mass is 10.2.